The van der Waals surface area contributed by atoms with Gasteiger partial charge in [0.1, 0.15) is 30.5 Å². The van der Waals surface area contributed by atoms with Crippen molar-refractivity contribution < 1.29 is 14.2 Å². The Hall–Kier alpha value is -3.14. The molecule has 134 valence electrons. The Morgan fingerprint density at radius 2 is 1.50 bits per heavy atom. The molecule has 0 aliphatic carbocycles. The van der Waals surface area contributed by atoms with Crippen LogP contribution >= 0.6 is 0 Å². The molecule has 4 heteroatoms. The van der Waals surface area contributed by atoms with Gasteiger partial charge in [0, 0.05) is 18.3 Å². The van der Waals surface area contributed by atoms with Crippen LogP contribution in [0.15, 0.2) is 78.9 Å². The lowest BCUT2D eigenvalue weighted by molar-refractivity contribution is 0.306. The third kappa shape index (κ3) is 5.45. The van der Waals surface area contributed by atoms with E-state index in [1.807, 2.05) is 66.7 Å². The summed E-state index contributed by atoms with van der Waals surface area (Å²) in [5.41, 5.74) is 2.16. The van der Waals surface area contributed by atoms with Gasteiger partial charge in [-0.15, -0.1) is 0 Å². The second-order valence-electron chi connectivity index (χ2n) is 5.75. The predicted octanol–water partition coefficient (Wildman–Crippen LogP) is 4.77. The van der Waals surface area contributed by atoms with Crippen molar-refractivity contribution in [3.05, 3.63) is 84.4 Å². The summed E-state index contributed by atoms with van der Waals surface area (Å²) < 4.78 is 16.7. The van der Waals surface area contributed by atoms with Gasteiger partial charge in [-0.3, -0.25) is 0 Å². The van der Waals surface area contributed by atoms with Gasteiger partial charge in [-0.2, -0.15) is 0 Å². The van der Waals surface area contributed by atoms with Crippen LogP contribution < -0.4 is 19.5 Å². The average Bonchev–Trinajstić information content (AvgIpc) is 2.71. The van der Waals surface area contributed by atoms with E-state index in [0.717, 1.165) is 28.5 Å². The maximum Gasteiger partial charge on any atom is 0.121 e. The molecule has 0 aliphatic heterocycles. The number of methoxy groups -OCH3 is 1. The van der Waals surface area contributed by atoms with Gasteiger partial charge >= 0.3 is 0 Å². The van der Waals surface area contributed by atoms with E-state index in [9.17, 15) is 0 Å². The van der Waals surface area contributed by atoms with Crippen molar-refractivity contribution in [2.45, 2.75) is 6.61 Å². The summed E-state index contributed by atoms with van der Waals surface area (Å²) in [6, 6.07) is 25.7. The number of rotatable bonds is 9. The lowest BCUT2D eigenvalue weighted by atomic mass is 10.2. The molecule has 0 saturated heterocycles. The standard InChI is InChI=1S/C22H23NO3/c1-24-20-10-12-21(13-11-20)25-15-14-23-19-8-5-9-22(16-19)26-17-18-6-3-2-4-7-18/h2-13,16,23H,14-15,17H2,1H3. The summed E-state index contributed by atoms with van der Waals surface area (Å²) in [5.74, 6) is 2.49. The van der Waals surface area contributed by atoms with Crippen molar-refractivity contribution in [2.24, 2.45) is 0 Å². The zero-order valence-corrected chi connectivity index (χ0v) is 14.9. The monoisotopic (exact) mass is 349 g/mol. The molecule has 0 radical (unpaired) electrons. The Labute approximate surface area is 154 Å². The van der Waals surface area contributed by atoms with Crippen LogP contribution in [0.4, 0.5) is 5.69 Å². The normalized spacial score (nSPS) is 10.2. The highest BCUT2D eigenvalue weighted by Gasteiger charge is 1.99. The Bertz CT molecular complexity index is 788. The number of benzene rings is 3. The van der Waals surface area contributed by atoms with Crippen LogP contribution in [0, 0.1) is 0 Å². The molecule has 0 spiro atoms. The van der Waals surface area contributed by atoms with Gasteiger partial charge < -0.3 is 19.5 Å². The fourth-order valence-electron chi connectivity index (χ4n) is 2.47. The Morgan fingerprint density at radius 3 is 2.27 bits per heavy atom. The quantitative estimate of drug-likeness (QED) is 0.565. The summed E-state index contributed by atoms with van der Waals surface area (Å²) in [6.45, 7) is 1.83. The van der Waals surface area contributed by atoms with E-state index in [0.29, 0.717) is 19.8 Å². The Morgan fingerprint density at radius 1 is 0.731 bits per heavy atom. The molecule has 0 aliphatic rings. The van der Waals surface area contributed by atoms with Crippen LogP contribution in [0.25, 0.3) is 0 Å². The van der Waals surface area contributed by atoms with Gasteiger partial charge in [0.25, 0.3) is 0 Å². The molecular weight excluding hydrogens is 326 g/mol. The van der Waals surface area contributed by atoms with Crippen molar-refractivity contribution in [2.75, 3.05) is 25.6 Å². The average molecular weight is 349 g/mol. The molecule has 3 aromatic carbocycles. The first-order valence-corrected chi connectivity index (χ1v) is 8.61. The number of nitrogens with one attached hydrogen (secondary N) is 1. The van der Waals surface area contributed by atoms with E-state index in [-0.39, 0.29) is 0 Å². The summed E-state index contributed by atoms with van der Waals surface area (Å²) in [4.78, 5) is 0. The molecule has 4 nitrogen and oxygen atoms in total. The molecule has 3 rings (SSSR count). The van der Waals surface area contributed by atoms with Crippen molar-refractivity contribution in [1.82, 2.24) is 0 Å². The van der Waals surface area contributed by atoms with Crippen LogP contribution in [-0.2, 0) is 6.61 Å². The largest absolute Gasteiger partial charge is 0.497 e. The van der Waals surface area contributed by atoms with Crippen molar-refractivity contribution in [3.8, 4) is 17.2 Å². The van der Waals surface area contributed by atoms with E-state index >= 15 is 0 Å². The molecule has 0 bridgehead atoms. The van der Waals surface area contributed by atoms with E-state index in [4.69, 9.17) is 14.2 Å². The topological polar surface area (TPSA) is 39.7 Å². The lowest BCUT2D eigenvalue weighted by Crippen LogP contribution is -2.11. The molecular formula is C22H23NO3. The first-order chi connectivity index (χ1) is 12.8. The lowest BCUT2D eigenvalue weighted by Gasteiger charge is -2.11. The van der Waals surface area contributed by atoms with E-state index < -0.39 is 0 Å². The molecule has 0 aromatic heterocycles. The highest BCUT2D eigenvalue weighted by Crippen LogP contribution is 2.19. The predicted molar refractivity (Wildman–Crippen MR) is 104 cm³/mol. The zero-order valence-electron chi connectivity index (χ0n) is 14.9. The van der Waals surface area contributed by atoms with Crippen LogP contribution in [0.1, 0.15) is 5.56 Å². The van der Waals surface area contributed by atoms with Crippen molar-refractivity contribution >= 4 is 5.69 Å². The molecule has 0 unspecified atom stereocenters. The third-order valence-electron chi connectivity index (χ3n) is 3.84. The molecule has 0 heterocycles. The van der Waals surface area contributed by atoms with Gasteiger partial charge in [-0.05, 0) is 42.0 Å². The first-order valence-electron chi connectivity index (χ1n) is 8.61. The van der Waals surface area contributed by atoms with Crippen LogP contribution in [0.3, 0.4) is 0 Å². The molecule has 0 amide bonds. The van der Waals surface area contributed by atoms with Gasteiger partial charge in [-0.1, -0.05) is 36.4 Å². The second-order valence-corrected chi connectivity index (χ2v) is 5.75. The number of hydrogen-bond donors (Lipinski definition) is 1. The highest BCUT2D eigenvalue weighted by molar-refractivity contribution is 5.48. The minimum absolute atomic E-state index is 0.560. The maximum absolute atomic E-state index is 5.85. The Balaban J connectivity index is 1.43. The molecule has 0 atom stereocenters. The minimum Gasteiger partial charge on any atom is -0.497 e. The second kappa shape index (κ2) is 9.37. The summed E-state index contributed by atoms with van der Waals surface area (Å²) >= 11 is 0. The van der Waals surface area contributed by atoms with Crippen LogP contribution in [0.2, 0.25) is 0 Å². The number of hydrogen-bond acceptors (Lipinski definition) is 4. The Kier molecular flexibility index (Phi) is 6.37. The van der Waals surface area contributed by atoms with Crippen molar-refractivity contribution in [1.29, 1.82) is 0 Å². The van der Waals surface area contributed by atoms with Gasteiger partial charge in [0.05, 0.1) is 7.11 Å². The summed E-state index contributed by atoms with van der Waals surface area (Å²) in [7, 11) is 1.65. The molecule has 0 saturated carbocycles. The zero-order chi connectivity index (χ0) is 18.0. The SMILES string of the molecule is COc1ccc(OCCNc2cccc(OCc3ccccc3)c2)cc1. The third-order valence-corrected chi connectivity index (χ3v) is 3.84. The van der Waals surface area contributed by atoms with Gasteiger partial charge in [0.2, 0.25) is 0 Å². The van der Waals surface area contributed by atoms with E-state index in [1.54, 1.807) is 7.11 Å². The highest BCUT2D eigenvalue weighted by atomic mass is 16.5. The summed E-state index contributed by atoms with van der Waals surface area (Å²) in [5, 5.41) is 3.35. The fraction of sp³-hybridized carbons (Fsp3) is 0.182. The molecule has 3 aromatic rings. The molecule has 1 N–H and O–H groups in total. The van der Waals surface area contributed by atoms with Crippen molar-refractivity contribution in [3.63, 3.8) is 0 Å². The molecule has 26 heavy (non-hydrogen) atoms. The van der Waals surface area contributed by atoms with Crippen LogP contribution in [-0.4, -0.2) is 20.3 Å². The van der Waals surface area contributed by atoms with Crippen LogP contribution in [0.5, 0.6) is 17.2 Å². The van der Waals surface area contributed by atoms with E-state index in [1.165, 1.54) is 0 Å². The fourth-order valence-corrected chi connectivity index (χ4v) is 2.47. The van der Waals surface area contributed by atoms with Gasteiger partial charge in [0.15, 0.2) is 0 Å². The minimum atomic E-state index is 0.560. The van der Waals surface area contributed by atoms with Gasteiger partial charge in [-0.25, -0.2) is 0 Å². The van der Waals surface area contributed by atoms with E-state index in [2.05, 4.69) is 17.4 Å². The summed E-state index contributed by atoms with van der Waals surface area (Å²) in [6.07, 6.45) is 0. The first kappa shape index (κ1) is 17.7. The molecule has 0 fully saturated rings. The number of anilines is 1. The maximum atomic E-state index is 5.85. The number of ether oxygens (including phenoxy) is 3. The smallest absolute Gasteiger partial charge is 0.121 e.